The molecule has 0 saturated heterocycles. The number of aliphatic hydroxyl groups excluding tert-OH is 1. The third kappa shape index (κ3) is 3.53. The summed E-state index contributed by atoms with van der Waals surface area (Å²) in [7, 11) is -3.59. The van der Waals surface area contributed by atoms with E-state index in [9.17, 15) is 8.42 Å². The highest BCUT2D eigenvalue weighted by atomic mass is 32.2. The Morgan fingerprint density at radius 2 is 2.24 bits per heavy atom. The first-order valence-electron chi connectivity index (χ1n) is 7.42. The van der Waals surface area contributed by atoms with Gasteiger partial charge in [-0.1, -0.05) is 6.42 Å². The van der Waals surface area contributed by atoms with Gasteiger partial charge in [-0.15, -0.1) is 0 Å². The van der Waals surface area contributed by atoms with Crippen LogP contribution in [0.5, 0.6) is 0 Å². The first kappa shape index (κ1) is 16.2. The van der Waals surface area contributed by atoms with Gasteiger partial charge in [-0.3, -0.25) is 0 Å². The van der Waals surface area contributed by atoms with Crippen molar-refractivity contribution in [3.8, 4) is 0 Å². The van der Waals surface area contributed by atoms with Gasteiger partial charge in [0, 0.05) is 31.9 Å². The Kier molecular flexibility index (Phi) is 5.55. The van der Waals surface area contributed by atoms with Crippen molar-refractivity contribution in [3.63, 3.8) is 0 Å². The maximum Gasteiger partial charge on any atom is 0.246 e. The first-order chi connectivity index (χ1) is 10.1. The van der Waals surface area contributed by atoms with Gasteiger partial charge in [0.2, 0.25) is 10.0 Å². The van der Waals surface area contributed by atoms with Crippen LogP contribution in [0, 0.1) is 0 Å². The van der Waals surface area contributed by atoms with Crippen LogP contribution in [-0.4, -0.2) is 48.6 Å². The van der Waals surface area contributed by atoms with E-state index in [0.717, 1.165) is 19.3 Å². The van der Waals surface area contributed by atoms with E-state index in [0.29, 0.717) is 25.3 Å². The number of aliphatic hydroxyl groups is 1. The van der Waals surface area contributed by atoms with Gasteiger partial charge in [-0.2, -0.15) is 4.31 Å². The number of anilines is 1. The second-order valence-corrected chi connectivity index (χ2v) is 7.02. The minimum atomic E-state index is -3.59. The summed E-state index contributed by atoms with van der Waals surface area (Å²) in [6.07, 6.45) is 4.87. The van der Waals surface area contributed by atoms with Crippen molar-refractivity contribution in [3.05, 3.63) is 18.3 Å². The van der Waals surface area contributed by atoms with Crippen LogP contribution in [-0.2, 0) is 10.0 Å². The minimum Gasteiger partial charge on any atom is -0.396 e. The molecule has 0 amide bonds. The lowest BCUT2D eigenvalue weighted by Crippen LogP contribution is -2.45. The first-order valence-corrected chi connectivity index (χ1v) is 8.87. The molecule has 0 unspecified atom stereocenters. The minimum absolute atomic E-state index is 0.00809. The van der Waals surface area contributed by atoms with Crippen LogP contribution in [0.2, 0.25) is 0 Å². The molecular weight excluding hydrogens is 290 g/mol. The Bertz CT molecular complexity index is 558. The van der Waals surface area contributed by atoms with Crippen molar-refractivity contribution in [2.24, 2.45) is 0 Å². The van der Waals surface area contributed by atoms with E-state index in [4.69, 9.17) is 5.11 Å². The summed E-state index contributed by atoms with van der Waals surface area (Å²) in [6, 6.07) is 3.28. The molecule has 2 N–H and O–H groups in total. The van der Waals surface area contributed by atoms with Crippen LogP contribution in [0.4, 0.5) is 5.82 Å². The number of aromatic nitrogens is 1. The molecule has 6 nitrogen and oxygen atoms in total. The summed E-state index contributed by atoms with van der Waals surface area (Å²) in [5, 5.41) is 12.0. The second kappa shape index (κ2) is 7.20. The summed E-state index contributed by atoms with van der Waals surface area (Å²) >= 11 is 0. The lowest BCUT2D eigenvalue weighted by Gasteiger charge is -2.36. The van der Waals surface area contributed by atoms with Crippen LogP contribution < -0.4 is 5.32 Å². The van der Waals surface area contributed by atoms with E-state index in [1.54, 1.807) is 18.3 Å². The standard InChI is InChI=1S/C14H23N3O3S/c1-2-15-14-13(8-4-9-16-14)21(19,20)17(10-5-11-18)12-6-3-7-12/h4,8-9,12,18H,2-3,5-7,10-11H2,1H3,(H,15,16). The van der Waals surface area contributed by atoms with Crippen LogP contribution in [0.25, 0.3) is 0 Å². The topological polar surface area (TPSA) is 82.5 Å². The quantitative estimate of drug-likeness (QED) is 0.759. The zero-order chi connectivity index (χ0) is 15.3. The molecule has 1 saturated carbocycles. The van der Waals surface area contributed by atoms with Crippen molar-refractivity contribution in [2.75, 3.05) is 25.0 Å². The van der Waals surface area contributed by atoms with E-state index in [-0.39, 0.29) is 17.5 Å². The predicted molar refractivity (Wildman–Crippen MR) is 81.6 cm³/mol. The SMILES string of the molecule is CCNc1ncccc1S(=O)(=O)N(CCCO)C1CCC1. The fraction of sp³-hybridized carbons (Fsp3) is 0.643. The summed E-state index contributed by atoms with van der Waals surface area (Å²) in [5.41, 5.74) is 0. The number of sulfonamides is 1. The van der Waals surface area contributed by atoms with Crippen molar-refractivity contribution in [2.45, 2.75) is 43.5 Å². The Morgan fingerprint density at radius 3 is 2.81 bits per heavy atom. The maximum atomic E-state index is 12.9. The molecule has 0 bridgehead atoms. The smallest absolute Gasteiger partial charge is 0.246 e. The molecule has 1 aliphatic carbocycles. The molecule has 1 heterocycles. The van der Waals surface area contributed by atoms with Crippen LogP contribution in [0.15, 0.2) is 23.2 Å². The predicted octanol–water partition coefficient (Wildman–Crippen LogP) is 1.44. The summed E-state index contributed by atoms with van der Waals surface area (Å²) in [5.74, 6) is 0.397. The molecule has 1 aromatic rings. The normalized spacial score (nSPS) is 16.0. The lowest BCUT2D eigenvalue weighted by molar-refractivity contribution is 0.198. The zero-order valence-electron chi connectivity index (χ0n) is 12.3. The maximum absolute atomic E-state index is 12.9. The molecule has 0 atom stereocenters. The van der Waals surface area contributed by atoms with Gasteiger partial charge in [0.05, 0.1) is 0 Å². The summed E-state index contributed by atoms with van der Waals surface area (Å²) < 4.78 is 27.4. The zero-order valence-corrected chi connectivity index (χ0v) is 13.1. The third-order valence-electron chi connectivity index (χ3n) is 3.72. The Labute approximate surface area is 126 Å². The Balaban J connectivity index is 2.33. The highest BCUT2D eigenvalue weighted by Gasteiger charge is 2.35. The molecule has 1 aromatic heterocycles. The van der Waals surface area contributed by atoms with Gasteiger partial charge in [-0.25, -0.2) is 13.4 Å². The van der Waals surface area contributed by atoms with Gasteiger partial charge in [0.15, 0.2) is 0 Å². The van der Waals surface area contributed by atoms with Crippen molar-refractivity contribution >= 4 is 15.8 Å². The van der Waals surface area contributed by atoms with Crippen LogP contribution >= 0.6 is 0 Å². The third-order valence-corrected chi connectivity index (χ3v) is 5.70. The highest BCUT2D eigenvalue weighted by molar-refractivity contribution is 7.89. The van der Waals surface area contributed by atoms with Crippen LogP contribution in [0.3, 0.4) is 0 Å². The number of hydrogen-bond donors (Lipinski definition) is 2. The fourth-order valence-electron chi connectivity index (χ4n) is 2.43. The monoisotopic (exact) mass is 313 g/mol. The summed E-state index contributed by atoms with van der Waals surface area (Å²) in [4.78, 5) is 4.35. The van der Waals surface area contributed by atoms with Crippen molar-refractivity contribution in [1.29, 1.82) is 0 Å². The molecule has 1 fully saturated rings. The molecule has 0 radical (unpaired) electrons. The Hall–Kier alpha value is -1.18. The molecule has 0 aliphatic heterocycles. The molecular formula is C14H23N3O3S. The van der Waals surface area contributed by atoms with E-state index in [1.807, 2.05) is 6.92 Å². The molecule has 1 aliphatic rings. The highest BCUT2D eigenvalue weighted by Crippen LogP contribution is 2.31. The van der Waals surface area contributed by atoms with E-state index >= 15 is 0 Å². The molecule has 21 heavy (non-hydrogen) atoms. The van der Waals surface area contributed by atoms with Gasteiger partial charge >= 0.3 is 0 Å². The van der Waals surface area contributed by atoms with Gasteiger partial charge in [-0.05, 0) is 38.3 Å². The number of nitrogens with zero attached hydrogens (tertiary/aromatic N) is 2. The summed E-state index contributed by atoms with van der Waals surface area (Å²) in [6.45, 7) is 2.86. The Morgan fingerprint density at radius 1 is 1.48 bits per heavy atom. The molecule has 118 valence electrons. The molecule has 0 spiro atoms. The lowest BCUT2D eigenvalue weighted by atomic mass is 9.93. The fourth-order valence-corrected chi connectivity index (χ4v) is 4.27. The van der Waals surface area contributed by atoms with Gasteiger partial charge in [0.1, 0.15) is 10.7 Å². The second-order valence-electron chi connectivity index (χ2n) is 5.16. The van der Waals surface area contributed by atoms with Gasteiger partial charge < -0.3 is 10.4 Å². The average molecular weight is 313 g/mol. The average Bonchev–Trinajstić information content (AvgIpc) is 2.42. The van der Waals surface area contributed by atoms with E-state index in [1.165, 1.54) is 4.31 Å². The van der Waals surface area contributed by atoms with Crippen molar-refractivity contribution < 1.29 is 13.5 Å². The molecule has 7 heteroatoms. The molecule has 2 rings (SSSR count). The number of nitrogens with one attached hydrogen (secondary N) is 1. The number of pyridine rings is 1. The van der Waals surface area contributed by atoms with Gasteiger partial charge in [0.25, 0.3) is 0 Å². The molecule has 0 aromatic carbocycles. The van der Waals surface area contributed by atoms with Crippen LogP contribution in [0.1, 0.15) is 32.6 Å². The number of hydrogen-bond acceptors (Lipinski definition) is 5. The van der Waals surface area contributed by atoms with E-state index in [2.05, 4.69) is 10.3 Å². The largest absolute Gasteiger partial charge is 0.396 e. The van der Waals surface area contributed by atoms with E-state index < -0.39 is 10.0 Å². The van der Waals surface area contributed by atoms with Crippen molar-refractivity contribution in [1.82, 2.24) is 9.29 Å². The number of rotatable bonds is 8.